The standard InChI is InChI=1S/C11H24O2Si/c1-10(9-12)7-8-13-14(5,6)11(2,3)4/h9-10H,7-8H2,1-6H3/t10-/m0/s1. The van der Waals surface area contributed by atoms with E-state index in [2.05, 4.69) is 33.9 Å². The molecule has 0 aromatic rings. The number of carbonyl (C=O) groups excluding carboxylic acids is 1. The van der Waals surface area contributed by atoms with Crippen LogP contribution in [0.2, 0.25) is 18.1 Å². The molecule has 0 aliphatic heterocycles. The van der Waals surface area contributed by atoms with Crippen LogP contribution in [0.15, 0.2) is 0 Å². The van der Waals surface area contributed by atoms with Gasteiger partial charge in [0.05, 0.1) is 0 Å². The van der Waals surface area contributed by atoms with Crippen molar-refractivity contribution in [2.45, 2.75) is 52.2 Å². The summed E-state index contributed by atoms with van der Waals surface area (Å²) < 4.78 is 5.95. The normalized spacial score (nSPS) is 15.3. The van der Waals surface area contributed by atoms with Crippen molar-refractivity contribution in [3.8, 4) is 0 Å². The summed E-state index contributed by atoms with van der Waals surface area (Å²) in [5.41, 5.74) is 0. The third-order valence-electron chi connectivity index (χ3n) is 3.07. The van der Waals surface area contributed by atoms with Crippen LogP contribution in [0, 0.1) is 5.92 Å². The minimum Gasteiger partial charge on any atom is -0.417 e. The average Bonchev–Trinajstić information content (AvgIpc) is 2.01. The summed E-state index contributed by atoms with van der Waals surface area (Å²) in [6.45, 7) is 13.8. The van der Waals surface area contributed by atoms with E-state index in [0.29, 0.717) is 0 Å². The first-order valence-corrected chi connectivity index (χ1v) is 8.21. The molecule has 2 nitrogen and oxygen atoms in total. The minimum atomic E-state index is -1.60. The highest BCUT2D eigenvalue weighted by Crippen LogP contribution is 2.36. The molecule has 0 unspecified atom stereocenters. The van der Waals surface area contributed by atoms with Crippen molar-refractivity contribution in [1.29, 1.82) is 0 Å². The number of hydrogen-bond acceptors (Lipinski definition) is 2. The highest BCUT2D eigenvalue weighted by atomic mass is 28.4. The van der Waals surface area contributed by atoms with Crippen molar-refractivity contribution in [3.05, 3.63) is 0 Å². The molecule has 84 valence electrons. The van der Waals surface area contributed by atoms with Gasteiger partial charge in [0.2, 0.25) is 0 Å². The molecule has 0 fully saturated rings. The fourth-order valence-electron chi connectivity index (χ4n) is 0.785. The molecule has 0 rings (SSSR count). The summed E-state index contributed by atoms with van der Waals surface area (Å²) in [4.78, 5) is 10.4. The van der Waals surface area contributed by atoms with E-state index in [1.807, 2.05) is 6.92 Å². The van der Waals surface area contributed by atoms with Gasteiger partial charge in [0.1, 0.15) is 6.29 Å². The Labute approximate surface area is 89.2 Å². The smallest absolute Gasteiger partial charge is 0.191 e. The predicted molar refractivity (Wildman–Crippen MR) is 63.0 cm³/mol. The zero-order chi connectivity index (χ0) is 11.4. The minimum absolute atomic E-state index is 0.125. The Morgan fingerprint density at radius 1 is 1.36 bits per heavy atom. The van der Waals surface area contributed by atoms with E-state index in [1.165, 1.54) is 0 Å². The number of aldehydes is 1. The third-order valence-corrected chi connectivity index (χ3v) is 7.61. The first-order chi connectivity index (χ1) is 6.20. The highest BCUT2D eigenvalue weighted by molar-refractivity contribution is 6.74. The fourth-order valence-corrected chi connectivity index (χ4v) is 1.85. The molecule has 0 saturated carbocycles. The molecule has 0 heterocycles. The van der Waals surface area contributed by atoms with E-state index in [-0.39, 0.29) is 11.0 Å². The van der Waals surface area contributed by atoms with E-state index in [4.69, 9.17) is 4.43 Å². The summed E-state index contributed by atoms with van der Waals surface area (Å²) in [6.07, 6.45) is 1.84. The number of hydrogen-bond donors (Lipinski definition) is 0. The van der Waals surface area contributed by atoms with Gasteiger partial charge in [-0.25, -0.2) is 0 Å². The molecular weight excluding hydrogens is 192 g/mol. The van der Waals surface area contributed by atoms with Crippen molar-refractivity contribution < 1.29 is 9.22 Å². The van der Waals surface area contributed by atoms with Crippen molar-refractivity contribution in [3.63, 3.8) is 0 Å². The van der Waals surface area contributed by atoms with E-state index >= 15 is 0 Å². The topological polar surface area (TPSA) is 26.3 Å². The predicted octanol–water partition coefficient (Wildman–Crippen LogP) is 3.23. The van der Waals surface area contributed by atoms with Crippen LogP contribution < -0.4 is 0 Å². The maximum absolute atomic E-state index is 10.4. The molecule has 0 spiro atoms. The number of rotatable bonds is 5. The molecule has 14 heavy (non-hydrogen) atoms. The van der Waals surface area contributed by atoms with Crippen molar-refractivity contribution in [1.82, 2.24) is 0 Å². The molecule has 0 amide bonds. The van der Waals surface area contributed by atoms with Crippen LogP contribution in [0.25, 0.3) is 0 Å². The van der Waals surface area contributed by atoms with Crippen LogP contribution in [0.3, 0.4) is 0 Å². The Hall–Kier alpha value is -0.153. The monoisotopic (exact) mass is 216 g/mol. The zero-order valence-electron chi connectivity index (χ0n) is 10.4. The Balaban J connectivity index is 3.95. The lowest BCUT2D eigenvalue weighted by Crippen LogP contribution is -2.41. The van der Waals surface area contributed by atoms with Crippen LogP contribution >= 0.6 is 0 Å². The maximum Gasteiger partial charge on any atom is 0.191 e. The quantitative estimate of drug-likeness (QED) is 0.521. The molecule has 0 aliphatic rings. The summed E-state index contributed by atoms with van der Waals surface area (Å²) in [5.74, 6) is 0.125. The zero-order valence-corrected chi connectivity index (χ0v) is 11.4. The van der Waals surface area contributed by atoms with Gasteiger partial charge in [-0.1, -0.05) is 27.7 Å². The van der Waals surface area contributed by atoms with Gasteiger partial charge in [-0.05, 0) is 24.6 Å². The molecule has 0 aromatic carbocycles. The molecule has 0 bridgehead atoms. The van der Waals surface area contributed by atoms with E-state index in [9.17, 15) is 4.79 Å². The van der Waals surface area contributed by atoms with E-state index in [1.54, 1.807) is 0 Å². The second-order valence-electron chi connectivity index (χ2n) is 5.51. The van der Waals surface area contributed by atoms with Crippen molar-refractivity contribution >= 4 is 14.6 Å². The SMILES string of the molecule is C[C@H](C=O)CCO[Si](C)(C)C(C)(C)C. The summed E-state index contributed by atoms with van der Waals surface area (Å²) >= 11 is 0. The van der Waals surface area contributed by atoms with Gasteiger partial charge in [0.25, 0.3) is 0 Å². The third kappa shape index (κ3) is 4.38. The van der Waals surface area contributed by atoms with Crippen molar-refractivity contribution in [2.75, 3.05) is 6.61 Å². The average molecular weight is 216 g/mol. The summed E-state index contributed by atoms with van der Waals surface area (Å²) in [7, 11) is -1.60. The second kappa shape index (κ2) is 5.08. The Bertz CT molecular complexity index is 182. The van der Waals surface area contributed by atoms with Crippen LogP contribution in [-0.4, -0.2) is 21.2 Å². The maximum atomic E-state index is 10.4. The Kier molecular flexibility index (Phi) is 5.02. The first-order valence-electron chi connectivity index (χ1n) is 5.30. The molecule has 0 N–H and O–H groups in total. The van der Waals surface area contributed by atoms with Crippen LogP contribution in [0.4, 0.5) is 0 Å². The van der Waals surface area contributed by atoms with Crippen molar-refractivity contribution in [2.24, 2.45) is 5.92 Å². The first kappa shape index (κ1) is 13.8. The van der Waals surface area contributed by atoms with E-state index < -0.39 is 8.32 Å². The lowest BCUT2D eigenvalue weighted by atomic mass is 10.1. The molecule has 0 aliphatic carbocycles. The van der Waals surface area contributed by atoms with Crippen LogP contribution in [0.5, 0.6) is 0 Å². The molecular formula is C11H24O2Si. The van der Waals surface area contributed by atoms with Gasteiger partial charge in [-0.15, -0.1) is 0 Å². The number of carbonyl (C=O) groups is 1. The van der Waals surface area contributed by atoms with Crippen LogP contribution in [0.1, 0.15) is 34.1 Å². The highest BCUT2D eigenvalue weighted by Gasteiger charge is 2.36. The lowest BCUT2D eigenvalue weighted by molar-refractivity contribution is -0.111. The summed E-state index contributed by atoms with van der Waals surface area (Å²) in [6, 6.07) is 0. The fraction of sp³-hybridized carbons (Fsp3) is 0.909. The van der Waals surface area contributed by atoms with Gasteiger partial charge in [0.15, 0.2) is 8.32 Å². The van der Waals surface area contributed by atoms with E-state index in [0.717, 1.165) is 19.3 Å². The molecule has 1 atom stereocenters. The molecule has 0 saturated heterocycles. The molecule has 0 radical (unpaired) electrons. The largest absolute Gasteiger partial charge is 0.417 e. The molecule has 3 heteroatoms. The molecule has 0 aromatic heterocycles. The Morgan fingerprint density at radius 2 is 1.86 bits per heavy atom. The Morgan fingerprint density at radius 3 is 2.21 bits per heavy atom. The van der Waals surface area contributed by atoms with Gasteiger partial charge < -0.3 is 9.22 Å². The van der Waals surface area contributed by atoms with Gasteiger partial charge in [-0.2, -0.15) is 0 Å². The van der Waals surface area contributed by atoms with Crippen LogP contribution in [-0.2, 0) is 9.22 Å². The van der Waals surface area contributed by atoms with Gasteiger partial charge in [-0.3, -0.25) is 0 Å². The lowest BCUT2D eigenvalue weighted by Gasteiger charge is -2.36. The summed E-state index contributed by atoms with van der Waals surface area (Å²) in [5, 5.41) is 0.261. The van der Waals surface area contributed by atoms with Gasteiger partial charge in [0, 0.05) is 12.5 Å². The van der Waals surface area contributed by atoms with Gasteiger partial charge >= 0.3 is 0 Å². The second-order valence-corrected chi connectivity index (χ2v) is 10.3.